The number of hydrogen-bond acceptors (Lipinski definition) is 0. The van der Waals surface area contributed by atoms with Crippen molar-refractivity contribution in [1.82, 2.24) is 0 Å². The number of fused-ring (bicyclic) bond motifs is 5. The topological polar surface area (TPSA) is 0 Å². The molecule has 0 aromatic heterocycles. The summed E-state index contributed by atoms with van der Waals surface area (Å²) in [6.07, 6.45) is 0. The third kappa shape index (κ3) is 4.46. The Morgan fingerprint density at radius 1 is 0.140 bits per heavy atom. The summed E-state index contributed by atoms with van der Waals surface area (Å²) in [4.78, 5) is 0. The van der Waals surface area contributed by atoms with E-state index in [1.807, 2.05) is 0 Å². The van der Waals surface area contributed by atoms with Gasteiger partial charge in [0.05, 0.1) is 0 Å². The highest BCUT2D eigenvalue weighted by Crippen LogP contribution is 2.41. The molecule has 0 atom stereocenters. The Morgan fingerprint density at radius 3 is 0.480 bits per heavy atom. The molecule has 232 valence electrons. The van der Waals surface area contributed by atoms with Gasteiger partial charge >= 0.3 is 0 Å². The van der Waals surface area contributed by atoms with Crippen molar-refractivity contribution in [3.8, 4) is 0 Å². The molecule has 0 saturated carbocycles. The summed E-state index contributed by atoms with van der Waals surface area (Å²) in [5.74, 6) is 0. The van der Waals surface area contributed by atoms with Crippen LogP contribution in [0.4, 0.5) is 0 Å². The van der Waals surface area contributed by atoms with Crippen LogP contribution in [0.25, 0.3) is 97.0 Å². The Hall–Kier alpha value is -6.50. The predicted molar refractivity (Wildman–Crippen MR) is 219 cm³/mol. The molecule has 0 heteroatoms. The van der Waals surface area contributed by atoms with Crippen LogP contribution in [-0.2, 0) is 0 Å². The summed E-state index contributed by atoms with van der Waals surface area (Å²) in [5.41, 5.74) is 0. The van der Waals surface area contributed by atoms with Gasteiger partial charge in [0, 0.05) is 0 Å². The van der Waals surface area contributed by atoms with Crippen molar-refractivity contribution in [3.63, 3.8) is 0 Å². The zero-order chi connectivity index (χ0) is 33.0. The van der Waals surface area contributed by atoms with E-state index in [0.29, 0.717) is 0 Å². The summed E-state index contributed by atoms with van der Waals surface area (Å²) in [6, 6.07) is 69.6. The van der Waals surface area contributed by atoms with E-state index in [2.05, 4.69) is 194 Å². The highest BCUT2D eigenvalue weighted by atomic mass is 14.2. The van der Waals surface area contributed by atoms with Crippen LogP contribution in [0, 0.1) is 0 Å². The maximum atomic E-state index is 2.25. The van der Waals surface area contributed by atoms with Crippen LogP contribution >= 0.6 is 0 Å². The lowest BCUT2D eigenvalue weighted by molar-refractivity contribution is 1.75. The summed E-state index contributed by atoms with van der Waals surface area (Å²) in [6.45, 7) is 0. The molecule has 0 radical (unpaired) electrons. The fourth-order valence-electron chi connectivity index (χ4n) is 8.29. The van der Waals surface area contributed by atoms with E-state index in [9.17, 15) is 0 Å². The molecule has 0 heterocycles. The Balaban J connectivity index is 0.000000101. The zero-order valence-electron chi connectivity index (χ0n) is 27.5. The Labute approximate surface area is 290 Å². The first-order valence-electron chi connectivity index (χ1n) is 17.4. The highest BCUT2D eigenvalue weighted by molar-refractivity contribution is 6.34. The second-order valence-electron chi connectivity index (χ2n) is 13.2. The Bertz CT molecular complexity index is 2560. The minimum absolute atomic E-state index is 1.31. The molecular weight excluding hydrogens is 601 g/mol. The van der Waals surface area contributed by atoms with Crippen LogP contribution in [0.15, 0.2) is 194 Å². The summed E-state index contributed by atoms with van der Waals surface area (Å²) in [7, 11) is 0. The SMILES string of the molecule is c1cc2cccc3c4cccc5cccc(c(c1)c23)c54.c1cc2cccc3c4cccc5cccc(c(c1)c23)c54.c1ccc2ccccc2c1. The standard InChI is InChI=1S/2C20H12.C10H8/c2*1-5-13-6-2-11-17-18-12-4-8-14-7-3-10-16(20(14)18)15(9-1)19(13)17;1-2-6-10-8-4-3-7-9(10)5-1/h2*1-12H;1-8H. The summed E-state index contributed by atoms with van der Waals surface area (Å²) in [5, 5.41) is 24.4. The van der Waals surface area contributed by atoms with Crippen molar-refractivity contribution < 1.29 is 0 Å². The number of benzene rings is 12. The lowest BCUT2D eigenvalue weighted by atomic mass is 9.90. The average molecular weight is 633 g/mol. The van der Waals surface area contributed by atoms with Gasteiger partial charge in [0.2, 0.25) is 0 Å². The quantitative estimate of drug-likeness (QED) is 0.115. The van der Waals surface area contributed by atoms with Crippen LogP contribution in [0.5, 0.6) is 0 Å². The normalized spacial score (nSPS) is 11.6. The molecule has 50 heavy (non-hydrogen) atoms. The maximum absolute atomic E-state index is 2.25. The third-order valence-electron chi connectivity index (χ3n) is 10.4. The second kappa shape index (κ2) is 11.6. The molecule has 0 aliphatic carbocycles. The van der Waals surface area contributed by atoms with Crippen molar-refractivity contribution >= 4 is 97.0 Å². The van der Waals surface area contributed by atoms with E-state index >= 15 is 0 Å². The summed E-state index contributed by atoms with van der Waals surface area (Å²) < 4.78 is 0. The van der Waals surface area contributed by atoms with Crippen molar-refractivity contribution in [3.05, 3.63) is 194 Å². The van der Waals surface area contributed by atoms with Crippen molar-refractivity contribution in [2.75, 3.05) is 0 Å². The minimum Gasteiger partial charge on any atom is -0.0616 e. The van der Waals surface area contributed by atoms with Gasteiger partial charge in [-0.15, -0.1) is 0 Å². The molecule has 12 aromatic carbocycles. The molecular formula is C50H32. The second-order valence-corrected chi connectivity index (χ2v) is 13.2. The number of rotatable bonds is 0. The van der Waals surface area contributed by atoms with Crippen molar-refractivity contribution in [2.24, 2.45) is 0 Å². The van der Waals surface area contributed by atoms with E-state index in [1.54, 1.807) is 0 Å². The van der Waals surface area contributed by atoms with Crippen LogP contribution < -0.4 is 0 Å². The van der Waals surface area contributed by atoms with Gasteiger partial charge in [0.1, 0.15) is 0 Å². The monoisotopic (exact) mass is 632 g/mol. The highest BCUT2D eigenvalue weighted by Gasteiger charge is 2.13. The molecule has 0 nitrogen and oxygen atoms in total. The third-order valence-corrected chi connectivity index (χ3v) is 10.4. The van der Waals surface area contributed by atoms with Crippen LogP contribution in [0.1, 0.15) is 0 Å². The molecule has 0 aliphatic rings. The van der Waals surface area contributed by atoms with Gasteiger partial charge in [-0.3, -0.25) is 0 Å². The molecule has 0 saturated heterocycles. The molecule has 12 rings (SSSR count). The lowest BCUT2D eigenvalue weighted by Crippen LogP contribution is -1.85. The van der Waals surface area contributed by atoms with Gasteiger partial charge < -0.3 is 0 Å². The van der Waals surface area contributed by atoms with Gasteiger partial charge in [-0.1, -0.05) is 194 Å². The molecule has 0 N–H and O–H groups in total. The smallest absolute Gasteiger partial charge is 0.00264 e. The van der Waals surface area contributed by atoms with Crippen LogP contribution in [0.3, 0.4) is 0 Å². The van der Waals surface area contributed by atoms with Crippen LogP contribution in [0.2, 0.25) is 0 Å². The van der Waals surface area contributed by atoms with Crippen LogP contribution in [-0.4, -0.2) is 0 Å². The molecule has 0 fully saturated rings. The first-order valence-corrected chi connectivity index (χ1v) is 17.4. The predicted octanol–water partition coefficient (Wildman–Crippen LogP) is 14.3. The van der Waals surface area contributed by atoms with Gasteiger partial charge in [0.15, 0.2) is 0 Å². The van der Waals surface area contributed by atoms with Gasteiger partial charge in [-0.2, -0.15) is 0 Å². The fourth-order valence-corrected chi connectivity index (χ4v) is 8.29. The zero-order valence-corrected chi connectivity index (χ0v) is 27.5. The molecule has 0 bridgehead atoms. The van der Waals surface area contributed by atoms with Crippen molar-refractivity contribution in [2.45, 2.75) is 0 Å². The van der Waals surface area contributed by atoms with Gasteiger partial charge in [0.25, 0.3) is 0 Å². The van der Waals surface area contributed by atoms with E-state index in [4.69, 9.17) is 0 Å². The molecule has 0 aliphatic heterocycles. The van der Waals surface area contributed by atoms with E-state index in [1.165, 1.54) is 97.0 Å². The first-order chi connectivity index (χ1) is 24.8. The lowest BCUT2D eigenvalue weighted by Gasteiger charge is -2.13. The van der Waals surface area contributed by atoms with E-state index in [-0.39, 0.29) is 0 Å². The minimum atomic E-state index is 1.31. The Morgan fingerprint density at radius 2 is 0.300 bits per heavy atom. The van der Waals surface area contributed by atoms with E-state index in [0.717, 1.165) is 0 Å². The molecule has 0 amide bonds. The molecule has 12 aromatic rings. The summed E-state index contributed by atoms with van der Waals surface area (Å²) >= 11 is 0. The van der Waals surface area contributed by atoms with Gasteiger partial charge in [-0.05, 0) is 97.0 Å². The largest absolute Gasteiger partial charge is 0.0616 e. The number of hydrogen-bond donors (Lipinski definition) is 0. The molecule has 0 spiro atoms. The fraction of sp³-hybridized carbons (Fsp3) is 0. The van der Waals surface area contributed by atoms with Gasteiger partial charge in [-0.25, -0.2) is 0 Å². The Kier molecular flexibility index (Phi) is 6.60. The van der Waals surface area contributed by atoms with Crippen molar-refractivity contribution in [1.29, 1.82) is 0 Å². The maximum Gasteiger partial charge on any atom is -0.00264 e. The average Bonchev–Trinajstić information content (AvgIpc) is 3.19. The molecule has 0 unspecified atom stereocenters. The first kappa shape index (κ1) is 28.5. The van der Waals surface area contributed by atoms with E-state index < -0.39 is 0 Å².